The quantitative estimate of drug-likeness (QED) is 0.742. The lowest BCUT2D eigenvalue weighted by atomic mass is 10.0. The topological polar surface area (TPSA) is 87.3 Å². The van der Waals surface area contributed by atoms with E-state index < -0.39 is 24.1 Å². The molecule has 0 aliphatic carbocycles. The van der Waals surface area contributed by atoms with Gasteiger partial charge in [0.25, 0.3) is 5.91 Å². The summed E-state index contributed by atoms with van der Waals surface area (Å²) in [4.78, 5) is 32.6. The number of nitrogens with one attached hydrogen (secondary N) is 2. The number of amides is 1. The zero-order valence-corrected chi connectivity index (χ0v) is 15.9. The minimum Gasteiger partial charge on any atom is -0.465 e. The van der Waals surface area contributed by atoms with Crippen molar-refractivity contribution in [3.63, 3.8) is 0 Å². The molecule has 0 bridgehead atoms. The molecule has 2 aromatic rings. The van der Waals surface area contributed by atoms with Gasteiger partial charge in [0, 0.05) is 6.54 Å². The van der Waals surface area contributed by atoms with Gasteiger partial charge in [0.05, 0.1) is 30.9 Å². The maximum atomic E-state index is 14.5. The van der Waals surface area contributed by atoms with Gasteiger partial charge in [-0.3, -0.25) is 4.79 Å². The number of aromatic nitrogens is 2. The van der Waals surface area contributed by atoms with E-state index in [2.05, 4.69) is 20.0 Å². The van der Waals surface area contributed by atoms with Gasteiger partial charge in [-0.05, 0) is 12.5 Å². The van der Waals surface area contributed by atoms with Gasteiger partial charge in [-0.15, -0.1) is 0 Å². The third kappa shape index (κ3) is 3.94. The summed E-state index contributed by atoms with van der Waals surface area (Å²) in [5, 5.41) is 3.58. The summed E-state index contributed by atoms with van der Waals surface area (Å²) >= 11 is 12.7. The third-order valence-electron chi connectivity index (χ3n) is 3.98. The van der Waals surface area contributed by atoms with Crippen molar-refractivity contribution in [1.82, 2.24) is 15.3 Å². The van der Waals surface area contributed by atoms with E-state index in [0.29, 0.717) is 23.0 Å². The number of hydrogen-bond donors (Lipinski definition) is 2. The summed E-state index contributed by atoms with van der Waals surface area (Å²) in [5.74, 6) is -0.946. The molecule has 0 unspecified atom stereocenters. The molecule has 11 heteroatoms. The standard InChI is InChI=1S/C15H15Cl2FN4O3S/c1-25-14(24)11-5-19-15(26-11)22-3-2-9(8(18)6-22)21-13(23)10-4-7(16)12(17)20-10/h4-5,8-9,20H,2-3,6H2,1H3,(H,21,23)/t8-,9+/m0/s1. The highest BCUT2D eigenvalue weighted by atomic mass is 35.5. The predicted octanol–water partition coefficient (Wildman–Crippen LogP) is 2.91. The smallest absolute Gasteiger partial charge is 0.349 e. The average molecular weight is 421 g/mol. The van der Waals surface area contributed by atoms with Crippen molar-refractivity contribution < 1.29 is 18.7 Å². The maximum absolute atomic E-state index is 14.5. The molecule has 1 aliphatic heterocycles. The molecule has 0 saturated carbocycles. The molecule has 0 aromatic carbocycles. The number of methoxy groups -OCH3 is 1. The van der Waals surface area contributed by atoms with Crippen LogP contribution in [-0.4, -0.2) is 54.3 Å². The van der Waals surface area contributed by atoms with Crippen LogP contribution in [0.2, 0.25) is 10.2 Å². The number of aromatic amines is 1. The van der Waals surface area contributed by atoms with Crippen molar-refractivity contribution in [1.29, 1.82) is 0 Å². The fraction of sp³-hybridized carbons (Fsp3) is 0.400. The van der Waals surface area contributed by atoms with E-state index >= 15 is 0 Å². The molecule has 1 saturated heterocycles. The lowest BCUT2D eigenvalue weighted by Crippen LogP contribution is -2.52. The monoisotopic (exact) mass is 420 g/mol. The number of piperidine rings is 1. The van der Waals surface area contributed by atoms with Crippen LogP contribution >= 0.6 is 34.5 Å². The summed E-state index contributed by atoms with van der Waals surface area (Å²) < 4.78 is 19.2. The number of H-pyrrole nitrogens is 1. The van der Waals surface area contributed by atoms with Crippen molar-refractivity contribution in [2.24, 2.45) is 0 Å². The molecule has 1 amide bonds. The zero-order chi connectivity index (χ0) is 18.8. The van der Waals surface area contributed by atoms with Crippen LogP contribution in [-0.2, 0) is 4.74 Å². The molecular weight excluding hydrogens is 406 g/mol. The Labute approximate surface area is 162 Å². The number of hydrogen-bond acceptors (Lipinski definition) is 6. The van der Waals surface area contributed by atoms with Gasteiger partial charge in [-0.2, -0.15) is 0 Å². The van der Waals surface area contributed by atoms with Gasteiger partial charge >= 0.3 is 5.97 Å². The number of ether oxygens (including phenoxy) is 1. The Morgan fingerprint density at radius 3 is 2.88 bits per heavy atom. The first-order valence-electron chi connectivity index (χ1n) is 7.67. The first-order chi connectivity index (χ1) is 12.4. The molecule has 26 heavy (non-hydrogen) atoms. The minimum absolute atomic E-state index is 0.0608. The molecule has 0 radical (unpaired) electrons. The van der Waals surface area contributed by atoms with E-state index in [1.807, 2.05) is 0 Å². The van der Waals surface area contributed by atoms with Crippen LogP contribution < -0.4 is 10.2 Å². The second kappa shape index (κ2) is 7.81. The number of alkyl halides is 1. The highest BCUT2D eigenvalue weighted by Gasteiger charge is 2.32. The van der Waals surface area contributed by atoms with E-state index in [1.165, 1.54) is 19.4 Å². The lowest BCUT2D eigenvalue weighted by Gasteiger charge is -2.34. The highest BCUT2D eigenvalue weighted by molar-refractivity contribution is 7.17. The number of rotatable bonds is 4. The van der Waals surface area contributed by atoms with E-state index in [-0.39, 0.29) is 22.4 Å². The zero-order valence-electron chi connectivity index (χ0n) is 13.6. The van der Waals surface area contributed by atoms with Crippen molar-refractivity contribution in [2.75, 3.05) is 25.1 Å². The van der Waals surface area contributed by atoms with E-state index in [4.69, 9.17) is 23.2 Å². The molecule has 3 rings (SSSR count). The molecule has 3 heterocycles. The molecule has 2 aromatic heterocycles. The molecule has 2 atom stereocenters. The molecule has 7 nitrogen and oxygen atoms in total. The van der Waals surface area contributed by atoms with Crippen molar-refractivity contribution in [3.8, 4) is 0 Å². The summed E-state index contributed by atoms with van der Waals surface area (Å²) in [6.07, 6.45) is 0.507. The summed E-state index contributed by atoms with van der Waals surface area (Å²) in [5.41, 5.74) is 0.178. The Morgan fingerprint density at radius 2 is 2.27 bits per heavy atom. The Kier molecular flexibility index (Phi) is 5.69. The number of esters is 1. The number of carbonyl (C=O) groups is 2. The van der Waals surface area contributed by atoms with Crippen LogP contribution in [0.4, 0.5) is 9.52 Å². The van der Waals surface area contributed by atoms with E-state index in [9.17, 15) is 14.0 Å². The second-order valence-corrected chi connectivity index (χ2v) is 7.47. The van der Waals surface area contributed by atoms with Gasteiger partial charge in [0.15, 0.2) is 5.13 Å². The Balaban J connectivity index is 1.60. The van der Waals surface area contributed by atoms with Gasteiger partial charge in [-0.1, -0.05) is 34.5 Å². The number of carbonyl (C=O) groups excluding carboxylic acids is 2. The second-order valence-electron chi connectivity index (χ2n) is 5.67. The molecule has 0 spiro atoms. The van der Waals surface area contributed by atoms with Gasteiger partial charge in [0.2, 0.25) is 0 Å². The first-order valence-corrected chi connectivity index (χ1v) is 9.24. The lowest BCUT2D eigenvalue weighted by molar-refractivity contribution is 0.0606. The van der Waals surface area contributed by atoms with Crippen LogP contribution in [0.25, 0.3) is 0 Å². The molecule has 140 valence electrons. The Bertz CT molecular complexity index is 808. The molecule has 2 N–H and O–H groups in total. The third-order valence-corrected chi connectivity index (χ3v) is 5.71. The fourth-order valence-electron chi connectivity index (χ4n) is 2.62. The Hall–Kier alpha value is -1.84. The average Bonchev–Trinajstić information content (AvgIpc) is 3.23. The van der Waals surface area contributed by atoms with Crippen molar-refractivity contribution in [2.45, 2.75) is 18.6 Å². The fourth-order valence-corrected chi connectivity index (χ4v) is 3.80. The summed E-state index contributed by atoms with van der Waals surface area (Å²) in [6, 6.07) is 0.755. The predicted molar refractivity (Wildman–Crippen MR) is 97.2 cm³/mol. The first kappa shape index (κ1) is 18.9. The maximum Gasteiger partial charge on any atom is 0.349 e. The normalized spacial score (nSPS) is 20.1. The van der Waals surface area contributed by atoms with Crippen LogP contribution in [0.5, 0.6) is 0 Å². The summed E-state index contributed by atoms with van der Waals surface area (Å²) in [7, 11) is 1.29. The van der Waals surface area contributed by atoms with E-state index in [1.54, 1.807) is 4.90 Å². The van der Waals surface area contributed by atoms with Crippen LogP contribution in [0.1, 0.15) is 26.6 Å². The van der Waals surface area contributed by atoms with Crippen molar-refractivity contribution >= 4 is 51.5 Å². The Morgan fingerprint density at radius 1 is 1.50 bits per heavy atom. The van der Waals surface area contributed by atoms with Crippen molar-refractivity contribution in [3.05, 3.63) is 33.0 Å². The number of thiazole rings is 1. The van der Waals surface area contributed by atoms with Crippen LogP contribution in [0, 0.1) is 0 Å². The highest BCUT2D eigenvalue weighted by Crippen LogP contribution is 2.27. The van der Waals surface area contributed by atoms with Crippen LogP contribution in [0.15, 0.2) is 12.3 Å². The van der Waals surface area contributed by atoms with Gasteiger partial charge in [-0.25, -0.2) is 14.2 Å². The van der Waals surface area contributed by atoms with Crippen LogP contribution in [0.3, 0.4) is 0 Å². The summed E-state index contributed by atoms with van der Waals surface area (Å²) in [6.45, 7) is 0.553. The number of halogens is 3. The molecular formula is C15H15Cl2FN4O3S. The SMILES string of the molecule is COC(=O)c1cnc(N2CC[C@@H](NC(=O)c3cc(Cl)c(Cl)[nH]3)[C@@H](F)C2)s1. The van der Waals surface area contributed by atoms with Gasteiger partial charge in [0.1, 0.15) is 21.9 Å². The molecule has 1 aliphatic rings. The number of nitrogens with zero attached hydrogens (tertiary/aromatic N) is 2. The van der Waals surface area contributed by atoms with E-state index in [0.717, 1.165) is 11.3 Å². The van der Waals surface area contributed by atoms with Gasteiger partial charge < -0.3 is 19.9 Å². The number of anilines is 1. The minimum atomic E-state index is -1.29. The largest absolute Gasteiger partial charge is 0.465 e. The molecule has 1 fully saturated rings.